The molecule has 5 rings (SSSR count). The molecule has 0 aromatic heterocycles. The van der Waals surface area contributed by atoms with Crippen LogP contribution in [0.25, 0.3) is 0 Å². The number of rotatable bonds is 5. The molecule has 0 radical (unpaired) electrons. The van der Waals surface area contributed by atoms with Gasteiger partial charge in [-0.05, 0) is 54.8 Å². The van der Waals surface area contributed by atoms with Crippen LogP contribution in [0.2, 0.25) is 0 Å². The molecule has 2 aliphatic heterocycles. The second-order valence-electron chi connectivity index (χ2n) is 9.13. The first-order valence-electron chi connectivity index (χ1n) is 11.8. The second kappa shape index (κ2) is 9.37. The van der Waals surface area contributed by atoms with E-state index in [2.05, 4.69) is 27.2 Å². The van der Waals surface area contributed by atoms with E-state index < -0.39 is 0 Å². The molecule has 0 aliphatic carbocycles. The van der Waals surface area contributed by atoms with Crippen LogP contribution < -0.4 is 19.9 Å². The number of ether oxygens (including phenoxy) is 1. The number of anilines is 2. The van der Waals surface area contributed by atoms with E-state index >= 15 is 0 Å². The monoisotopic (exact) mass is 459 g/mol. The third-order valence-corrected chi connectivity index (χ3v) is 7.11. The minimum absolute atomic E-state index is 0.00128. The van der Waals surface area contributed by atoms with Gasteiger partial charge in [0.25, 0.3) is 0 Å². The minimum Gasteiger partial charge on any atom is -0.497 e. The summed E-state index contributed by atoms with van der Waals surface area (Å²) in [5.74, 6) is 0.441. The van der Waals surface area contributed by atoms with E-state index in [4.69, 9.17) is 4.74 Å². The lowest BCUT2D eigenvalue weighted by Gasteiger charge is -2.49. The number of carbonyl (C=O) groups excluding carboxylic acids is 1. The van der Waals surface area contributed by atoms with E-state index in [1.54, 1.807) is 7.11 Å². The summed E-state index contributed by atoms with van der Waals surface area (Å²) in [4.78, 5) is 18.2. The summed E-state index contributed by atoms with van der Waals surface area (Å²) < 4.78 is 19.0. The second-order valence-corrected chi connectivity index (χ2v) is 9.13. The normalized spacial score (nSPS) is 20.2. The summed E-state index contributed by atoms with van der Waals surface area (Å²) in [6.45, 7) is 4.30. The molecule has 2 heterocycles. The van der Waals surface area contributed by atoms with Gasteiger partial charge in [0.05, 0.1) is 25.1 Å². The molecule has 0 spiro atoms. The van der Waals surface area contributed by atoms with Gasteiger partial charge in [-0.2, -0.15) is 0 Å². The van der Waals surface area contributed by atoms with Crippen molar-refractivity contribution in [3.63, 3.8) is 0 Å². The minimum atomic E-state index is -0.242. The third kappa shape index (κ3) is 4.32. The lowest BCUT2D eigenvalue weighted by Crippen LogP contribution is -2.61. The van der Waals surface area contributed by atoms with Gasteiger partial charge in [-0.25, -0.2) is 4.39 Å². The van der Waals surface area contributed by atoms with Crippen molar-refractivity contribution in [2.45, 2.75) is 25.4 Å². The number of hydrogen-bond donors (Lipinski definition) is 1. The molecule has 176 valence electrons. The molecule has 1 N–H and O–H groups in total. The largest absolute Gasteiger partial charge is 0.497 e. The van der Waals surface area contributed by atoms with Crippen LogP contribution in [0, 0.1) is 11.7 Å². The van der Waals surface area contributed by atoms with Crippen molar-refractivity contribution >= 4 is 17.3 Å². The van der Waals surface area contributed by atoms with E-state index in [0.29, 0.717) is 13.0 Å². The van der Waals surface area contributed by atoms with Crippen LogP contribution in [0.15, 0.2) is 72.8 Å². The zero-order valence-corrected chi connectivity index (χ0v) is 19.6. The van der Waals surface area contributed by atoms with Crippen molar-refractivity contribution in [1.82, 2.24) is 5.32 Å². The summed E-state index contributed by atoms with van der Waals surface area (Å²) in [5, 5.41) is 3.26. The Hall–Kier alpha value is -3.54. The number of amides is 1. The predicted octanol–water partition coefficient (Wildman–Crippen LogP) is 4.58. The molecule has 3 atom stereocenters. The van der Waals surface area contributed by atoms with Crippen molar-refractivity contribution < 1.29 is 13.9 Å². The van der Waals surface area contributed by atoms with Gasteiger partial charge in [0.1, 0.15) is 11.6 Å². The fourth-order valence-electron chi connectivity index (χ4n) is 5.24. The highest BCUT2D eigenvalue weighted by molar-refractivity contribution is 5.83. The molecule has 1 fully saturated rings. The van der Waals surface area contributed by atoms with Crippen molar-refractivity contribution in [2.24, 2.45) is 5.92 Å². The van der Waals surface area contributed by atoms with Crippen LogP contribution in [-0.2, 0) is 11.2 Å². The lowest BCUT2D eigenvalue weighted by molar-refractivity contribution is -0.126. The average Bonchev–Trinajstić information content (AvgIpc) is 2.88. The van der Waals surface area contributed by atoms with E-state index in [1.807, 2.05) is 55.5 Å². The smallest absolute Gasteiger partial charge is 0.226 e. The van der Waals surface area contributed by atoms with Gasteiger partial charge in [-0.15, -0.1) is 0 Å². The Morgan fingerprint density at radius 2 is 1.82 bits per heavy atom. The SMILES string of the molecule is COc1ccc2c(c1)N1CCN(c3ccc(F)cc3)C[C@@H]1[C@@H](C(=O)N[C@@H](C)c1ccccc1)C2. The Balaban J connectivity index is 1.44. The van der Waals surface area contributed by atoms with Crippen molar-refractivity contribution in [3.8, 4) is 5.75 Å². The lowest BCUT2D eigenvalue weighted by atomic mass is 9.83. The van der Waals surface area contributed by atoms with Crippen molar-refractivity contribution in [2.75, 3.05) is 36.5 Å². The predicted molar refractivity (Wildman–Crippen MR) is 133 cm³/mol. The molecular weight excluding hydrogens is 429 g/mol. The topological polar surface area (TPSA) is 44.8 Å². The highest BCUT2D eigenvalue weighted by Gasteiger charge is 2.42. The quantitative estimate of drug-likeness (QED) is 0.607. The van der Waals surface area contributed by atoms with E-state index in [9.17, 15) is 9.18 Å². The average molecular weight is 460 g/mol. The molecule has 1 saturated heterocycles. The highest BCUT2D eigenvalue weighted by atomic mass is 19.1. The fourth-order valence-corrected chi connectivity index (χ4v) is 5.24. The number of piperazine rings is 1. The number of nitrogens with zero attached hydrogens (tertiary/aromatic N) is 2. The molecule has 34 heavy (non-hydrogen) atoms. The third-order valence-electron chi connectivity index (χ3n) is 7.11. The van der Waals surface area contributed by atoms with Gasteiger partial charge in [-0.1, -0.05) is 36.4 Å². The maximum atomic E-state index is 13.6. The molecule has 0 unspecified atom stereocenters. The molecule has 3 aromatic carbocycles. The maximum Gasteiger partial charge on any atom is 0.226 e. The van der Waals surface area contributed by atoms with Crippen molar-refractivity contribution in [1.29, 1.82) is 0 Å². The van der Waals surface area contributed by atoms with Crippen LogP contribution in [0.4, 0.5) is 15.8 Å². The summed E-state index contributed by atoms with van der Waals surface area (Å²) in [6, 6.07) is 22.7. The number of benzene rings is 3. The van der Waals surface area contributed by atoms with E-state index in [1.165, 1.54) is 17.7 Å². The van der Waals surface area contributed by atoms with Gasteiger partial charge in [0.2, 0.25) is 5.91 Å². The van der Waals surface area contributed by atoms with Crippen LogP contribution in [0.3, 0.4) is 0 Å². The zero-order valence-electron chi connectivity index (χ0n) is 19.6. The number of hydrogen-bond acceptors (Lipinski definition) is 4. The zero-order chi connectivity index (χ0) is 23.7. The van der Waals surface area contributed by atoms with Crippen molar-refractivity contribution in [3.05, 3.63) is 89.7 Å². The van der Waals surface area contributed by atoms with Crippen LogP contribution in [0.1, 0.15) is 24.1 Å². The first-order valence-corrected chi connectivity index (χ1v) is 11.8. The Morgan fingerprint density at radius 1 is 1.06 bits per heavy atom. The van der Waals surface area contributed by atoms with Gasteiger partial charge in [0.15, 0.2) is 0 Å². The van der Waals surface area contributed by atoms with Crippen LogP contribution in [-0.4, -0.2) is 38.7 Å². The summed E-state index contributed by atoms with van der Waals surface area (Å²) in [6.07, 6.45) is 0.672. The Kier molecular flexibility index (Phi) is 6.14. The van der Waals surface area contributed by atoms with Gasteiger partial charge >= 0.3 is 0 Å². The Bertz CT molecular complexity index is 1150. The summed E-state index contributed by atoms with van der Waals surface area (Å²) in [7, 11) is 1.68. The standard InChI is InChI=1S/C28H30FN3O2/c1-19(20-6-4-3-5-7-20)30-28(33)25-16-21-8-13-24(34-2)17-26(21)32-15-14-31(18-27(25)32)23-11-9-22(29)10-12-23/h3-13,17,19,25,27H,14-16,18H2,1-2H3,(H,30,33)/t19-,25-,27+/m0/s1. The number of fused-ring (bicyclic) bond motifs is 3. The number of nitrogens with one attached hydrogen (secondary N) is 1. The summed E-state index contributed by atoms with van der Waals surface area (Å²) in [5.41, 5.74) is 4.38. The van der Waals surface area contributed by atoms with Gasteiger partial charge < -0.3 is 19.9 Å². The first-order chi connectivity index (χ1) is 16.5. The molecule has 1 amide bonds. The number of carbonyl (C=O) groups is 1. The molecule has 3 aromatic rings. The summed E-state index contributed by atoms with van der Waals surface area (Å²) >= 11 is 0. The first kappa shape index (κ1) is 22.3. The van der Waals surface area contributed by atoms with Crippen LogP contribution >= 0.6 is 0 Å². The van der Waals surface area contributed by atoms with Crippen LogP contribution in [0.5, 0.6) is 5.75 Å². The Labute approximate surface area is 200 Å². The molecule has 0 bridgehead atoms. The highest BCUT2D eigenvalue weighted by Crippen LogP contribution is 2.39. The Morgan fingerprint density at radius 3 is 2.56 bits per heavy atom. The number of methoxy groups -OCH3 is 1. The number of halogens is 1. The molecule has 0 saturated carbocycles. The molecule has 5 nitrogen and oxygen atoms in total. The molecule has 2 aliphatic rings. The molecule has 6 heteroatoms. The fraction of sp³-hybridized carbons (Fsp3) is 0.321. The van der Waals surface area contributed by atoms with Gasteiger partial charge in [0, 0.05) is 37.1 Å². The van der Waals surface area contributed by atoms with E-state index in [0.717, 1.165) is 35.8 Å². The molecular formula is C28H30FN3O2. The van der Waals surface area contributed by atoms with E-state index in [-0.39, 0.29) is 29.7 Å². The van der Waals surface area contributed by atoms with Gasteiger partial charge in [-0.3, -0.25) is 4.79 Å². The maximum absolute atomic E-state index is 13.6.